The van der Waals surface area contributed by atoms with Crippen LogP contribution in [0.2, 0.25) is 0 Å². The van der Waals surface area contributed by atoms with E-state index in [1.165, 1.54) is 24.7 Å². The van der Waals surface area contributed by atoms with Gasteiger partial charge in [-0.1, -0.05) is 6.07 Å². The summed E-state index contributed by atoms with van der Waals surface area (Å²) in [5.74, 6) is -0.390. The van der Waals surface area contributed by atoms with Gasteiger partial charge in [0.05, 0.1) is 29.3 Å². The maximum absolute atomic E-state index is 12.4. The largest absolute Gasteiger partial charge is 0.486 e. The standard InChI is InChI=1S/C16H13F2N5O2/c17-14(18)9-25-11-5-10(6-19-7-11)16(24)22-13-8-21-23-15(13)12-3-1-2-4-20-12/h1-8,14H,9H2,(H,21,23)(H,22,24). The molecule has 0 radical (unpaired) electrons. The van der Waals surface area contributed by atoms with Crippen molar-refractivity contribution < 1.29 is 18.3 Å². The van der Waals surface area contributed by atoms with Crippen molar-refractivity contribution in [2.24, 2.45) is 0 Å². The lowest BCUT2D eigenvalue weighted by atomic mass is 10.2. The first-order valence-electron chi connectivity index (χ1n) is 7.25. The number of carbonyl (C=O) groups is 1. The number of aromatic nitrogens is 4. The van der Waals surface area contributed by atoms with Crippen molar-refractivity contribution in [3.05, 3.63) is 54.6 Å². The zero-order valence-corrected chi connectivity index (χ0v) is 12.8. The maximum Gasteiger partial charge on any atom is 0.272 e. The molecule has 9 heteroatoms. The Kier molecular flexibility index (Phi) is 4.93. The SMILES string of the molecule is O=C(Nc1cn[nH]c1-c1ccccn1)c1cncc(OCC(F)F)c1. The third kappa shape index (κ3) is 4.14. The van der Waals surface area contributed by atoms with Crippen molar-refractivity contribution in [3.63, 3.8) is 0 Å². The first-order valence-corrected chi connectivity index (χ1v) is 7.25. The Morgan fingerprint density at radius 2 is 2.16 bits per heavy atom. The number of rotatable bonds is 6. The summed E-state index contributed by atoms with van der Waals surface area (Å²) in [5.41, 5.74) is 1.76. The molecule has 2 N–H and O–H groups in total. The summed E-state index contributed by atoms with van der Waals surface area (Å²) in [7, 11) is 0. The molecule has 0 aliphatic carbocycles. The van der Waals surface area contributed by atoms with Crippen molar-refractivity contribution >= 4 is 11.6 Å². The summed E-state index contributed by atoms with van der Waals surface area (Å²) in [4.78, 5) is 20.4. The number of ether oxygens (including phenoxy) is 1. The van der Waals surface area contributed by atoms with Crippen molar-refractivity contribution in [1.29, 1.82) is 0 Å². The van der Waals surface area contributed by atoms with Gasteiger partial charge in [-0.05, 0) is 18.2 Å². The van der Waals surface area contributed by atoms with Crippen LogP contribution in [-0.2, 0) is 0 Å². The van der Waals surface area contributed by atoms with Crippen LogP contribution in [0.15, 0.2) is 49.1 Å². The van der Waals surface area contributed by atoms with Gasteiger partial charge in [-0.3, -0.25) is 19.9 Å². The second-order valence-corrected chi connectivity index (χ2v) is 4.94. The second kappa shape index (κ2) is 7.47. The van der Waals surface area contributed by atoms with Crippen LogP contribution in [0.4, 0.5) is 14.5 Å². The van der Waals surface area contributed by atoms with E-state index >= 15 is 0 Å². The van der Waals surface area contributed by atoms with Crippen LogP contribution in [0.25, 0.3) is 11.4 Å². The molecular formula is C16H13F2N5O2. The highest BCUT2D eigenvalue weighted by Crippen LogP contribution is 2.24. The molecule has 1 amide bonds. The molecule has 3 heterocycles. The molecule has 25 heavy (non-hydrogen) atoms. The van der Waals surface area contributed by atoms with Crippen LogP contribution >= 0.6 is 0 Å². The number of anilines is 1. The molecule has 7 nitrogen and oxygen atoms in total. The predicted molar refractivity (Wildman–Crippen MR) is 85.5 cm³/mol. The Bertz CT molecular complexity index is 854. The average molecular weight is 345 g/mol. The molecule has 0 atom stereocenters. The summed E-state index contributed by atoms with van der Waals surface area (Å²) in [6.07, 6.45) is 3.04. The molecule has 0 saturated carbocycles. The van der Waals surface area contributed by atoms with Crippen LogP contribution in [0, 0.1) is 0 Å². The molecule has 3 aromatic rings. The van der Waals surface area contributed by atoms with Gasteiger partial charge in [-0.2, -0.15) is 5.10 Å². The molecule has 0 unspecified atom stereocenters. The van der Waals surface area contributed by atoms with Gasteiger partial charge >= 0.3 is 0 Å². The fourth-order valence-electron chi connectivity index (χ4n) is 2.06. The Hall–Kier alpha value is -3.36. The van der Waals surface area contributed by atoms with E-state index < -0.39 is 18.9 Å². The number of carbonyl (C=O) groups excluding carboxylic acids is 1. The molecular weight excluding hydrogens is 332 g/mol. The van der Waals surface area contributed by atoms with Gasteiger partial charge in [0.2, 0.25) is 0 Å². The number of nitrogens with one attached hydrogen (secondary N) is 2. The maximum atomic E-state index is 12.4. The quantitative estimate of drug-likeness (QED) is 0.717. The number of nitrogens with zero attached hydrogens (tertiary/aromatic N) is 3. The normalized spacial score (nSPS) is 10.7. The van der Waals surface area contributed by atoms with Crippen molar-refractivity contribution in [1.82, 2.24) is 20.2 Å². The van der Waals surface area contributed by atoms with Crippen LogP contribution in [0.1, 0.15) is 10.4 Å². The highest BCUT2D eigenvalue weighted by molar-refractivity contribution is 6.05. The van der Waals surface area contributed by atoms with Gasteiger partial charge in [-0.15, -0.1) is 0 Å². The van der Waals surface area contributed by atoms with Gasteiger partial charge in [0.1, 0.15) is 18.1 Å². The number of hydrogen-bond acceptors (Lipinski definition) is 5. The summed E-state index contributed by atoms with van der Waals surface area (Å²) in [6.45, 7) is -0.766. The van der Waals surface area contributed by atoms with E-state index in [9.17, 15) is 13.6 Å². The summed E-state index contributed by atoms with van der Waals surface area (Å²) < 4.78 is 29.3. The monoisotopic (exact) mass is 345 g/mol. The zero-order chi connectivity index (χ0) is 17.6. The molecule has 0 aromatic carbocycles. The third-order valence-electron chi connectivity index (χ3n) is 3.16. The third-order valence-corrected chi connectivity index (χ3v) is 3.16. The number of aromatic amines is 1. The Morgan fingerprint density at radius 1 is 1.28 bits per heavy atom. The second-order valence-electron chi connectivity index (χ2n) is 4.94. The van der Waals surface area contributed by atoms with Crippen LogP contribution < -0.4 is 10.1 Å². The van der Waals surface area contributed by atoms with E-state index in [1.807, 2.05) is 6.07 Å². The Morgan fingerprint density at radius 3 is 2.92 bits per heavy atom. The lowest BCUT2D eigenvalue weighted by Crippen LogP contribution is -2.13. The molecule has 0 fully saturated rings. The number of amides is 1. The molecule has 0 aliphatic rings. The molecule has 128 valence electrons. The number of H-pyrrole nitrogens is 1. The fraction of sp³-hybridized carbons (Fsp3) is 0.125. The minimum absolute atomic E-state index is 0.0880. The van der Waals surface area contributed by atoms with E-state index in [0.717, 1.165) is 0 Å². The molecule has 3 rings (SSSR count). The van der Waals surface area contributed by atoms with Crippen molar-refractivity contribution in [2.75, 3.05) is 11.9 Å². The van der Waals surface area contributed by atoms with Crippen molar-refractivity contribution in [2.45, 2.75) is 6.43 Å². The highest BCUT2D eigenvalue weighted by Gasteiger charge is 2.14. The van der Waals surface area contributed by atoms with Gasteiger partial charge in [0.15, 0.2) is 0 Å². The molecule has 0 saturated heterocycles. The summed E-state index contributed by atoms with van der Waals surface area (Å²) >= 11 is 0. The van der Waals surface area contributed by atoms with E-state index in [4.69, 9.17) is 4.74 Å². The highest BCUT2D eigenvalue weighted by atomic mass is 19.3. The van der Waals surface area contributed by atoms with Crippen LogP contribution in [0.3, 0.4) is 0 Å². The topological polar surface area (TPSA) is 92.8 Å². The van der Waals surface area contributed by atoms with E-state index in [1.54, 1.807) is 18.3 Å². The molecule has 0 bridgehead atoms. The lowest BCUT2D eigenvalue weighted by molar-refractivity contribution is 0.0816. The molecule has 0 aliphatic heterocycles. The number of halogens is 2. The van der Waals surface area contributed by atoms with Gasteiger partial charge in [0, 0.05) is 12.4 Å². The Balaban J connectivity index is 1.75. The average Bonchev–Trinajstić information content (AvgIpc) is 3.09. The first-order chi connectivity index (χ1) is 12.1. The van der Waals surface area contributed by atoms with Crippen LogP contribution in [-0.4, -0.2) is 39.1 Å². The van der Waals surface area contributed by atoms with Crippen LogP contribution in [0.5, 0.6) is 5.75 Å². The van der Waals surface area contributed by atoms with Crippen molar-refractivity contribution in [3.8, 4) is 17.1 Å². The number of alkyl halides is 2. The van der Waals surface area contributed by atoms with E-state index in [0.29, 0.717) is 17.1 Å². The fourth-order valence-corrected chi connectivity index (χ4v) is 2.06. The number of hydrogen-bond donors (Lipinski definition) is 2. The minimum Gasteiger partial charge on any atom is -0.486 e. The number of pyridine rings is 2. The minimum atomic E-state index is -2.61. The van der Waals surface area contributed by atoms with E-state index in [2.05, 4.69) is 25.5 Å². The summed E-state index contributed by atoms with van der Waals surface area (Å²) in [5, 5.41) is 9.36. The first kappa shape index (κ1) is 16.5. The predicted octanol–water partition coefficient (Wildman–Crippen LogP) is 2.76. The zero-order valence-electron chi connectivity index (χ0n) is 12.8. The molecule has 3 aromatic heterocycles. The lowest BCUT2D eigenvalue weighted by Gasteiger charge is -2.08. The smallest absolute Gasteiger partial charge is 0.272 e. The van der Waals surface area contributed by atoms with Gasteiger partial charge in [-0.25, -0.2) is 8.78 Å². The van der Waals surface area contributed by atoms with Gasteiger partial charge in [0.25, 0.3) is 12.3 Å². The molecule has 0 spiro atoms. The summed E-state index contributed by atoms with van der Waals surface area (Å²) in [6, 6.07) is 6.69. The van der Waals surface area contributed by atoms with E-state index in [-0.39, 0.29) is 11.3 Å². The Labute approximate surface area is 141 Å². The van der Waals surface area contributed by atoms with Gasteiger partial charge < -0.3 is 10.1 Å².